The van der Waals surface area contributed by atoms with Crippen molar-refractivity contribution in [1.29, 1.82) is 0 Å². The predicted molar refractivity (Wildman–Crippen MR) is 58.0 cm³/mol. The largest absolute Gasteiger partial charge is 0.272 e. The molecule has 2 amide bonds. The van der Waals surface area contributed by atoms with E-state index in [2.05, 4.69) is 22.6 Å². The standard InChI is InChI=1S/C7H10INO3S/c1-4(8)5-3-6(10)9(7(5)11)12-13-2/h4-5H,3H2,1-2H3. The van der Waals surface area contributed by atoms with Gasteiger partial charge in [0.15, 0.2) is 0 Å². The summed E-state index contributed by atoms with van der Waals surface area (Å²) in [5, 5.41) is 0.866. The second kappa shape index (κ2) is 4.61. The molecule has 0 aromatic rings. The van der Waals surface area contributed by atoms with Crippen molar-refractivity contribution < 1.29 is 13.9 Å². The lowest BCUT2D eigenvalue weighted by Gasteiger charge is -2.12. The van der Waals surface area contributed by atoms with Crippen LogP contribution < -0.4 is 0 Å². The topological polar surface area (TPSA) is 46.6 Å². The van der Waals surface area contributed by atoms with E-state index in [-0.39, 0.29) is 28.1 Å². The molecule has 74 valence electrons. The van der Waals surface area contributed by atoms with Crippen molar-refractivity contribution in [3.05, 3.63) is 0 Å². The Morgan fingerprint density at radius 2 is 2.31 bits per heavy atom. The lowest BCUT2D eigenvalue weighted by Crippen LogP contribution is -2.30. The maximum Gasteiger partial charge on any atom is 0.259 e. The first-order valence-corrected chi connectivity index (χ1v) is 6.19. The number of rotatable bonds is 3. The Morgan fingerprint density at radius 3 is 2.69 bits per heavy atom. The van der Waals surface area contributed by atoms with E-state index in [1.54, 1.807) is 6.26 Å². The smallest absolute Gasteiger partial charge is 0.259 e. The molecule has 0 bridgehead atoms. The van der Waals surface area contributed by atoms with Gasteiger partial charge in [-0.15, -0.1) is 5.06 Å². The Balaban J connectivity index is 2.69. The number of carbonyl (C=O) groups is 2. The van der Waals surface area contributed by atoms with Crippen LogP contribution in [0.3, 0.4) is 0 Å². The highest BCUT2D eigenvalue weighted by atomic mass is 127. The molecule has 0 spiro atoms. The van der Waals surface area contributed by atoms with Gasteiger partial charge in [0, 0.05) is 28.6 Å². The van der Waals surface area contributed by atoms with Crippen LogP contribution in [0.25, 0.3) is 0 Å². The Hall–Kier alpha value is 0.180. The monoisotopic (exact) mass is 315 g/mol. The van der Waals surface area contributed by atoms with Crippen molar-refractivity contribution >= 4 is 46.4 Å². The van der Waals surface area contributed by atoms with Gasteiger partial charge in [-0.2, -0.15) is 4.28 Å². The Bertz CT molecular complexity index is 234. The van der Waals surface area contributed by atoms with E-state index in [1.807, 2.05) is 6.92 Å². The molecule has 1 fully saturated rings. The number of nitrogens with zero attached hydrogens (tertiary/aromatic N) is 1. The molecule has 6 heteroatoms. The lowest BCUT2D eigenvalue weighted by molar-refractivity contribution is -0.162. The van der Waals surface area contributed by atoms with Crippen LogP contribution in [-0.4, -0.2) is 27.1 Å². The van der Waals surface area contributed by atoms with Crippen LogP contribution in [0.5, 0.6) is 0 Å². The molecular formula is C7H10INO3S. The van der Waals surface area contributed by atoms with E-state index in [4.69, 9.17) is 4.28 Å². The summed E-state index contributed by atoms with van der Waals surface area (Å²) < 4.78 is 5.01. The van der Waals surface area contributed by atoms with Crippen molar-refractivity contribution in [2.75, 3.05) is 6.26 Å². The molecule has 1 aliphatic heterocycles. The maximum atomic E-state index is 11.5. The summed E-state index contributed by atoms with van der Waals surface area (Å²) in [6, 6.07) is 0. The van der Waals surface area contributed by atoms with Crippen molar-refractivity contribution in [3.8, 4) is 0 Å². The van der Waals surface area contributed by atoms with Crippen LogP contribution in [0.2, 0.25) is 0 Å². The summed E-state index contributed by atoms with van der Waals surface area (Å²) in [6.07, 6.45) is 1.94. The molecule has 0 aromatic carbocycles. The Kier molecular flexibility index (Phi) is 3.99. The number of alkyl halides is 1. The molecule has 0 aromatic heterocycles. The first kappa shape index (κ1) is 11.3. The van der Waals surface area contributed by atoms with Gasteiger partial charge in [-0.05, 0) is 0 Å². The number of hydrogen-bond acceptors (Lipinski definition) is 4. The van der Waals surface area contributed by atoms with E-state index >= 15 is 0 Å². The SMILES string of the molecule is CSON1C(=O)CC(C(C)I)C1=O. The van der Waals surface area contributed by atoms with Crippen LogP contribution in [0.4, 0.5) is 0 Å². The van der Waals surface area contributed by atoms with Crippen LogP contribution in [0, 0.1) is 5.92 Å². The van der Waals surface area contributed by atoms with Gasteiger partial charge in [-0.25, -0.2) is 0 Å². The van der Waals surface area contributed by atoms with Crippen LogP contribution in [0.1, 0.15) is 13.3 Å². The molecule has 2 unspecified atom stereocenters. The average Bonchev–Trinajstić information content (AvgIpc) is 2.32. The van der Waals surface area contributed by atoms with Gasteiger partial charge in [0.05, 0.1) is 5.92 Å². The molecule has 0 radical (unpaired) electrons. The van der Waals surface area contributed by atoms with Crippen molar-refractivity contribution in [1.82, 2.24) is 5.06 Å². The zero-order valence-electron chi connectivity index (χ0n) is 7.32. The molecule has 4 nitrogen and oxygen atoms in total. The lowest BCUT2D eigenvalue weighted by atomic mass is 10.1. The molecule has 1 heterocycles. The van der Waals surface area contributed by atoms with Gasteiger partial charge >= 0.3 is 0 Å². The highest BCUT2D eigenvalue weighted by Gasteiger charge is 2.42. The zero-order chi connectivity index (χ0) is 10.0. The van der Waals surface area contributed by atoms with Gasteiger partial charge in [0.25, 0.3) is 11.8 Å². The van der Waals surface area contributed by atoms with Crippen LogP contribution >= 0.6 is 34.6 Å². The second-order valence-electron chi connectivity index (χ2n) is 2.76. The highest BCUT2D eigenvalue weighted by Crippen LogP contribution is 2.28. The van der Waals surface area contributed by atoms with Gasteiger partial charge in [-0.1, -0.05) is 29.5 Å². The second-order valence-corrected chi connectivity index (χ2v) is 5.20. The fourth-order valence-corrected chi connectivity index (χ4v) is 2.01. The summed E-state index contributed by atoms with van der Waals surface area (Å²) in [5.41, 5.74) is 0. The number of amides is 2. The number of halogens is 1. The molecule has 0 saturated carbocycles. The summed E-state index contributed by atoms with van der Waals surface area (Å²) >= 11 is 3.15. The number of carbonyl (C=O) groups excluding carboxylic acids is 2. The third kappa shape index (κ3) is 2.35. The highest BCUT2D eigenvalue weighted by molar-refractivity contribution is 14.1. The van der Waals surface area contributed by atoms with Gasteiger partial charge in [0.2, 0.25) is 0 Å². The Labute approximate surface area is 94.7 Å². The summed E-state index contributed by atoms with van der Waals surface area (Å²) in [7, 11) is 0. The van der Waals surface area contributed by atoms with Gasteiger partial charge in [0.1, 0.15) is 0 Å². The molecule has 2 atom stereocenters. The third-order valence-corrected chi connectivity index (χ3v) is 3.01. The molecule has 1 rings (SSSR count). The average molecular weight is 315 g/mol. The maximum absolute atomic E-state index is 11.5. The normalized spacial score (nSPS) is 25.5. The fraction of sp³-hybridized carbons (Fsp3) is 0.714. The predicted octanol–water partition coefficient (Wildman–Crippen LogP) is 1.39. The van der Waals surface area contributed by atoms with E-state index in [0.717, 1.165) is 17.1 Å². The summed E-state index contributed by atoms with van der Waals surface area (Å²) in [4.78, 5) is 22.8. The summed E-state index contributed by atoms with van der Waals surface area (Å²) in [6.45, 7) is 1.92. The van der Waals surface area contributed by atoms with E-state index < -0.39 is 0 Å². The molecular weight excluding hydrogens is 305 g/mol. The van der Waals surface area contributed by atoms with Crippen molar-refractivity contribution in [2.45, 2.75) is 17.3 Å². The minimum absolute atomic E-state index is 0.157. The zero-order valence-corrected chi connectivity index (χ0v) is 10.3. The Morgan fingerprint density at radius 1 is 1.69 bits per heavy atom. The minimum Gasteiger partial charge on any atom is -0.272 e. The molecule has 1 aliphatic rings. The van der Waals surface area contributed by atoms with Gasteiger partial charge < -0.3 is 0 Å². The van der Waals surface area contributed by atoms with E-state index in [1.165, 1.54) is 0 Å². The number of hydroxylamine groups is 2. The van der Waals surface area contributed by atoms with Crippen LogP contribution in [-0.2, 0) is 13.9 Å². The summed E-state index contributed by atoms with van der Waals surface area (Å²) in [5.74, 6) is -0.686. The molecule has 1 saturated heterocycles. The minimum atomic E-state index is -0.243. The molecule has 0 N–H and O–H groups in total. The fourth-order valence-electron chi connectivity index (χ4n) is 1.14. The quantitative estimate of drug-likeness (QED) is 0.342. The van der Waals surface area contributed by atoms with Gasteiger partial charge in [-0.3, -0.25) is 9.59 Å². The number of imide groups is 1. The van der Waals surface area contributed by atoms with Crippen molar-refractivity contribution in [2.24, 2.45) is 5.92 Å². The number of hydrogen-bond donors (Lipinski definition) is 0. The first-order chi connectivity index (χ1) is 6.07. The van der Waals surface area contributed by atoms with E-state index in [0.29, 0.717) is 0 Å². The molecule has 13 heavy (non-hydrogen) atoms. The van der Waals surface area contributed by atoms with Crippen LogP contribution in [0.15, 0.2) is 0 Å². The molecule has 0 aliphatic carbocycles. The van der Waals surface area contributed by atoms with E-state index in [9.17, 15) is 9.59 Å². The first-order valence-electron chi connectivity index (χ1n) is 3.79. The van der Waals surface area contributed by atoms with Crippen molar-refractivity contribution in [3.63, 3.8) is 0 Å². The third-order valence-electron chi connectivity index (χ3n) is 1.84.